The molecule has 0 aliphatic carbocycles. The molecule has 1 aromatic heterocycles. The fourth-order valence-electron chi connectivity index (χ4n) is 4.40. The molecule has 1 saturated heterocycles. The van der Waals surface area contributed by atoms with E-state index in [9.17, 15) is 9.18 Å². The molecule has 2 heterocycles. The number of nitrogens with one attached hydrogen (secondary N) is 1. The highest BCUT2D eigenvalue weighted by Gasteiger charge is 2.23. The second-order valence-corrected chi connectivity index (χ2v) is 7.92. The number of fused-ring (bicyclic) bond motifs is 1. The van der Waals surface area contributed by atoms with Gasteiger partial charge in [-0.05, 0) is 55.3 Å². The van der Waals surface area contributed by atoms with E-state index in [2.05, 4.69) is 33.1 Å². The molecule has 2 aromatic carbocycles. The van der Waals surface area contributed by atoms with E-state index in [4.69, 9.17) is 0 Å². The van der Waals surface area contributed by atoms with Gasteiger partial charge in [0.05, 0.1) is 0 Å². The molecule has 4 rings (SSSR count). The van der Waals surface area contributed by atoms with Crippen molar-refractivity contribution in [2.24, 2.45) is 7.05 Å². The van der Waals surface area contributed by atoms with Crippen LogP contribution in [0.25, 0.3) is 10.9 Å². The standard InChI is InChI=1S/C24H28FN3O/c1-27-17-22(20-9-2-3-10-23(20)27)21(18-7-6-8-19(25)15-18)16-24(29)26-11-14-28-12-4-5-13-28/h2-3,6-10,15,17,21H,4-5,11-14,16H2,1H3,(H,26,29). The van der Waals surface area contributed by atoms with E-state index >= 15 is 0 Å². The lowest BCUT2D eigenvalue weighted by Gasteiger charge is -2.19. The van der Waals surface area contributed by atoms with Crippen LogP contribution in [-0.2, 0) is 11.8 Å². The summed E-state index contributed by atoms with van der Waals surface area (Å²) in [6, 6.07) is 14.8. The Morgan fingerprint density at radius 1 is 1.14 bits per heavy atom. The molecule has 1 atom stereocenters. The number of carbonyl (C=O) groups excluding carboxylic acids is 1. The smallest absolute Gasteiger partial charge is 0.220 e. The summed E-state index contributed by atoms with van der Waals surface area (Å²) in [5.74, 6) is -0.461. The van der Waals surface area contributed by atoms with E-state index in [1.165, 1.54) is 18.9 Å². The number of hydrogen-bond acceptors (Lipinski definition) is 2. The van der Waals surface area contributed by atoms with Gasteiger partial charge in [-0.3, -0.25) is 4.79 Å². The van der Waals surface area contributed by atoms with Crippen molar-refractivity contribution in [3.63, 3.8) is 0 Å². The molecule has 1 fully saturated rings. The van der Waals surface area contributed by atoms with E-state index < -0.39 is 0 Å². The van der Waals surface area contributed by atoms with Crippen molar-refractivity contribution in [3.05, 3.63) is 71.7 Å². The van der Waals surface area contributed by atoms with Crippen molar-refractivity contribution < 1.29 is 9.18 Å². The first-order valence-corrected chi connectivity index (χ1v) is 10.4. The van der Waals surface area contributed by atoms with Crippen LogP contribution in [0.2, 0.25) is 0 Å². The minimum absolute atomic E-state index is 0.00592. The predicted molar refractivity (Wildman–Crippen MR) is 114 cm³/mol. The average Bonchev–Trinajstić information content (AvgIpc) is 3.35. The summed E-state index contributed by atoms with van der Waals surface area (Å²) in [7, 11) is 2.00. The summed E-state index contributed by atoms with van der Waals surface area (Å²) in [6.07, 6.45) is 4.86. The maximum absolute atomic E-state index is 14.0. The first kappa shape index (κ1) is 19.6. The van der Waals surface area contributed by atoms with Crippen molar-refractivity contribution >= 4 is 16.8 Å². The van der Waals surface area contributed by atoms with E-state index in [0.717, 1.165) is 41.7 Å². The number of nitrogens with zero attached hydrogens (tertiary/aromatic N) is 2. The van der Waals surface area contributed by atoms with Crippen LogP contribution < -0.4 is 5.32 Å². The highest BCUT2D eigenvalue weighted by atomic mass is 19.1. The maximum atomic E-state index is 14.0. The van der Waals surface area contributed by atoms with Gasteiger partial charge in [0.15, 0.2) is 0 Å². The van der Waals surface area contributed by atoms with Gasteiger partial charge in [-0.1, -0.05) is 30.3 Å². The summed E-state index contributed by atoms with van der Waals surface area (Å²) in [5.41, 5.74) is 3.00. The third-order valence-corrected chi connectivity index (χ3v) is 5.89. The monoisotopic (exact) mass is 393 g/mol. The quantitative estimate of drug-likeness (QED) is 0.658. The van der Waals surface area contributed by atoms with Crippen LogP contribution in [0.15, 0.2) is 54.7 Å². The van der Waals surface area contributed by atoms with Crippen molar-refractivity contribution in [2.45, 2.75) is 25.2 Å². The minimum Gasteiger partial charge on any atom is -0.355 e. The Balaban J connectivity index is 1.56. The molecule has 1 N–H and O–H groups in total. The van der Waals surface area contributed by atoms with Crippen LogP contribution in [0, 0.1) is 5.82 Å². The van der Waals surface area contributed by atoms with Gasteiger partial charge >= 0.3 is 0 Å². The van der Waals surface area contributed by atoms with E-state index in [-0.39, 0.29) is 17.6 Å². The molecule has 4 nitrogen and oxygen atoms in total. The lowest BCUT2D eigenvalue weighted by molar-refractivity contribution is -0.121. The second kappa shape index (κ2) is 8.78. The zero-order valence-electron chi connectivity index (χ0n) is 16.9. The number of carbonyl (C=O) groups is 1. The Bertz CT molecular complexity index is 991. The van der Waals surface area contributed by atoms with Gasteiger partial charge in [-0.15, -0.1) is 0 Å². The predicted octanol–water partition coefficient (Wildman–Crippen LogP) is 4.05. The highest BCUT2D eigenvalue weighted by molar-refractivity contribution is 5.86. The largest absolute Gasteiger partial charge is 0.355 e. The fourth-order valence-corrected chi connectivity index (χ4v) is 4.40. The average molecular weight is 394 g/mol. The normalized spacial score (nSPS) is 15.7. The summed E-state index contributed by atoms with van der Waals surface area (Å²) < 4.78 is 16.0. The molecule has 0 bridgehead atoms. The van der Waals surface area contributed by atoms with E-state index in [1.54, 1.807) is 12.1 Å². The molecule has 1 amide bonds. The molecule has 3 aromatic rings. The zero-order valence-corrected chi connectivity index (χ0v) is 16.9. The first-order valence-electron chi connectivity index (χ1n) is 10.4. The van der Waals surface area contributed by atoms with Gasteiger partial charge in [-0.2, -0.15) is 0 Å². The van der Waals surface area contributed by atoms with E-state index in [1.807, 2.05) is 25.2 Å². The molecular weight excluding hydrogens is 365 g/mol. The molecule has 0 spiro atoms. The van der Waals surface area contributed by atoms with Gasteiger partial charge in [0.2, 0.25) is 5.91 Å². The summed E-state index contributed by atoms with van der Waals surface area (Å²) in [4.78, 5) is 15.2. The van der Waals surface area contributed by atoms with Gasteiger partial charge in [0, 0.05) is 49.6 Å². The number of para-hydroxylation sites is 1. The minimum atomic E-state index is -0.276. The van der Waals surface area contributed by atoms with Gasteiger partial charge in [0.25, 0.3) is 0 Å². The van der Waals surface area contributed by atoms with Crippen molar-refractivity contribution in [2.75, 3.05) is 26.2 Å². The lowest BCUT2D eigenvalue weighted by atomic mass is 9.88. The Kier molecular flexibility index (Phi) is 5.95. The van der Waals surface area contributed by atoms with Crippen molar-refractivity contribution in [1.29, 1.82) is 0 Å². The first-order chi connectivity index (χ1) is 14.1. The molecule has 1 aliphatic heterocycles. The number of amides is 1. The van der Waals surface area contributed by atoms with Crippen LogP contribution in [-0.4, -0.2) is 41.6 Å². The van der Waals surface area contributed by atoms with Crippen molar-refractivity contribution in [1.82, 2.24) is 14.8 Å². The zero-order chi connectivity index (χ0) is 20.2. The third kappa shape index (κ3) is 4.51. The van der Waals surface area contributed by atoms with Crippen LogP contribution in [0.1, 0.15) is 36.3 Å². The number of aromatic nitrogens is 1. The van der Waals surface area contributed by atoms with Crippen LogP contribution in [0.5, 0.6) is 0 Å². The van der Waals surface area contributed by atoms with E-state index in [0.29, 0.717) is 13.0 Å². The van der Waals surface area contributed by atoms with Crippen molar-refractivity contribution in [3.8, 4) is 0 Å². The number of rotatable bonds is 7. The summed E-state index contributed by atoms with van der Waals surface area (Å²) in [5, 5.41) is 4.17. The topological polar surface area (TPSA) is 37.3 Å². The molecule has 5 heteroatoms. The third-order valence-electron chi connectivity index (χ3n) is 5.89. The molecule has 1 aliphatic rings. The van der Waals surface area contributed by atoms with Gasteiger partial charge < -0.3 is 14.8 Å². The molecule has 152 valence electrons. The van der Waals surface area contributed by atoms with Crippen LogP contribution in [0.3, 0.4) is 0 Å². The molecular formula is C24H28FN3O. The number of likely N-dealkylation sites (tertiary alicyclic amines) is 1. The Morgan fingerprint density at radius 3 is 2.72 bits per heavy atom. The summed E-state index contributed by atoms with van der Waals surface area (Å²) >= 11 is 0. The van der Waals surface area contributed by atoms with Gasteiger partial charge in [0.1, 0.15) is 5.82 Å². The molecule has 0 radical (unpaired) electrons. The maximum Gasteiger partial charge on any atom is 0.220 e. The Morgan fingerprint density at radius 2 is 1.93 bits per heavy atom. The van der Waals surface area contributed by atoms with Crippen LogP contribution >= 0.6 is 0 Å². The Hall–Kier alpha value is -2.66. The molecule has 29 heavy (non-hydrogen) atoms. The molecule has 1 unspecified atom stereocenters. The number of halogens is 1. The fraction of sp³-hybridized carbons (Fsp3) is 0.375. The highest BCUT2D eigenvalue weighted by Crippen LogP contribution is 2.34. The van der Waals surface area contributed by atoms with Crippen LogP contribution in [0.4, 0.5) is 4.39 Å². The van der Waals surface area contributed by atoms with Gasteiger partial charge in [-0.25, -0.2) is 4.39 Å². The Labute approximate surface area is 171 Å². The number of aryl methyl sites for hydroxylation is 1. The number of hydrogen-bond donors (Lipinski definition) is 1. The second-order valence-electron chi connectivity index (χ2n) is 7.92. The molecule has 0 saturated carbocycles. The lowest BCUT2D eigenvalue weighted by Crippen LogP contribution is -2.34. The number of benzene rings is 2. The summed E-state index contributed by atoms with van der Waals surface area (Å²) in [6.45, 7) is 3.80. The SMILES string of the molecule is Cn1cc(C(CC(=O)NCCN2CCCC2)c2cccc(F)c2)c2ccccc21.